The molecule has 1 saturated heterocycles. The predicted molar refractivity (Wildman–Crippen MR) is 128 cm³/mol. The maximum Gasteiger partial charge on any atom is 0.477 e. The number of carbonyl (C=O) groups excluding carboxylic acids is 3. The number of hydrogen-bond donors (Lipinski definition) is 0. The lowest BCUT2D eigenvalue weighted by atomic mass is 10.0. The Morgan fingerprint density at radius 2 is 1.22 bits per heavy atom. The fraction of sp³-hybridized carbons (Fsp3) is 0.400. The lowest BCUT2D eigenvalue weighted by molar-refractivity contribution is -0.263. The number of ether oxygens (including phenoxy) is 4. The third kappa shape index (κ3) is 9.07. The Hall–Kier alpha value is -3.08. The topological polar surface area (TPSA) is 133 Å². The molecule has 3 rings (SSSR count). The molecule has 1 heterocycles. The highest BCUT2D eigenvalue weighted by Gasteiger charge is 2.50. The summed E-state index contributed by atoms with van der Waals surface area (Å²) < 4.78 is 52.1. The van der Waals surface area contributed by atoms with Gasteiger partial charge in [0.15, 0.2) is 18.3 Å². The van der Waals surface area contributed by atoms with E-state index in [9.17, 15) is 18.9 Å². The lowest BCUT2D eigenvalue weighted by Crippen LogP contribution is -2.57. The van der Waals surface area contributed by atoms with Gasteiger partial charge in [-0.3, -0.25) is 28.0 Å². The Morgan fingerprint density at radius 3 is 1.68 bits per heavy atom. The Morgan fingerprint density at radius 1 is 0.757 bits per heavy atom. The average Bonchev–Trinajstić information content (AvgIpc) is 2.86. The van der Waals surface area contributed by atoms with Crippen LogP contribution >= 0.6 is 7.82 Å². The standard InChI is InChI=1S/C25H29O11P/c1-17(26)33-22-16-30-25(24(35-19(3)28)23(22)34-18(2)27)36-37(29,31-14-20-10-6-4-7-11-20)32-15-21-12-8-5-9-13-21/h4-13,22-25H,14-16H2,1-3H3/t22-,23+,24+,25-/m1/s1. The molecule has 2 aromatic rings. The van der Waals surface area contributed by atoms with Crippen LogP contribution < -0.4 is 0 Å². The second-order valence-corrected chi connectivity index (χ2v) is 9.69. The largest absolute Gasteiger partial charge is 0.477 e. The molecule has 4 atom stereocenters. The number of phosphoric ester groups is 1. The first-order valence-corrected chi connectivity index (χ1v) is 12.9. The molecule has 1 aliphatic heterocycles. The summed E-state index contributed by atoms with van der Waals surface area (Å²) >= 11 is 0. The van der Waals surface area contributed by atoms with E-state index < -0.39 is 50.3 Å². The number of hydrogen-bond acceptors (Lipinski definition) is 11. The molecular weight excluding hydrogens is 507 g/mol. The van der Waals surface area contributed by atoms with E-state index in [0.717, 1.165) is 20.8 Å². The molecule has 1 aliphatic rings. The molecule has 0 radical (unpaired) electrons. The van der Waals surface area contributed by atoms with Crippen molar-refractivity contribution in [1.82, 2.24) is 0 Å². The van der Waals surface area contributed by atoms with Gasteiger partial charge in [0.1, 0.15) is 0 Å². The third-order valence-electron chi connectivity index (χ3n) is 5.00. The maximum atomic E-state index is 13.8. The molecule has 0 N–H and O–H groups in total. The molecule has 0 aromatic heterocycles. The lowest BCUT2D eigenvalue weighted by Gasteiger charge is -2.40. The minimum absolute atomic E-state index is 0.124. The molecule has 0 aliphatic carbocycles. The average molecular weight is 536 g/mol. The highest BCUT2D eigenvalue weighted by molar-refractivity contribution is 7.48. The van der Waals surface area contributed by atoms with Crippen molar-refractivity contribution in [3.05, 3.63) is 71.8 Å². The molecule has 0 unspecified atom stereocenters. The predicted octanol–water partition coefficient (Wildman–Crippen LogP) is 3.70. The van der Waals surface area contributed by atoms with Crippen molar-refractivity contribution in [1.29, 1.82) is 0 Å². The fourth-order valence-corrected chi connectivity index (χ4v) is 4.73. The van der Waals surface area contributed by atoms with Crippen molar-refractivity contribution in [2.45, 2.75) is 58.6 Å². The summed E-state index contributed by atoms with van der Waals surface area (Å²) in [6.45, 7) is 2.86. The second-order valence-electron chi connectivity index (χ2n) is 8.07. The van der Waals surface area contributed by atoms with E-state index in [1.807, 2.05) is 12.1 Å². The fourth-order valence-electron chi connectivity index (χ4n) is 3.48. The molecule has 37 heavy (non-hydrogen) atoms. The van der Waals surface area contributed by atoms with Gasteiger partial charge in [-0.25, -0.2) is 4.57 Å². The van der Waals surface area contributed by atoms with Gasteiger partial charge in [-0.2, -0.15) is 0 Å². The van der Waals surface area contributed by atoms with Gasteiger partial charge < -0.3 is 18.9 Å². The van der Waals surface area contributed by atoms with Crippen LogP contribution in [0, 0.1) is 0 Å². The summed E-state index contributed by atoms with van der Waals surface area (Å²) in [6.07, 6.45) is -5.41. The summed E-state index contributed by atoms with van der Waals surface area (Å²) in [7, 11) is -4.37. The zero-order valence-electron chi connectivity index (χ0n) is 20.6. The Labute approximate surface area is 214 Å². The third-order valence-corrected chi connectivity index (χ3v) is 6.36. The van der Waals surface area contributed by atoms with Crippen molar-refractivity contribution in [3.8, 4) is 0 Å². The van der Waals surface area contributed by atoms with Crippen LogP contribution in [0.2, 0.25) is 0 Å². The molecule has 1 fully saturated rings. The van der Waals surface area contributed by atoms with Crippen LogP contribution in [0.15, 0.2) is 60.7 Å². The van der Waals surface area contributed by atoms with Crippen LogP contribution in [0.1, 0.15) is 31.9 Å². The van der Waals surface area contributed by atoms with Crippen molar-refractivity contribution < 1.29 is 51.5 Å². The molecule has 0 bridgehead atoms. The quantitative estimate of drug-likeness (QED) is 0.236. The first-order chi connectivity index (χ1) is 17.6. The Bertz CT molecular complexity index is 1040. The van der Waals surface area contributed by atoms with E-state index in [0.29, 0.717) is 11.1 Å². The van der Waals surface area contributed by atoms with Crippen molar-refractivity contribution in [2.24, 2.45) is 0 Å². The maximum absolute atomic E-state index is 13.8. The van der Waals surface area contributed by atoms with Crippen LogP contribution in [0.4, 0.5) is 0 Å². The zero-order chi connectivity index (χ0) is 26.8. The van der Waals surface area contributed by atoms with Gasteiger partial charge in [-0.15, -0.1) is 0 Å². The first-order valence-electron chi connectivity index (χ1n) is 11.4. The summed E-state index contributed by atoms with van der Waals surface area (Å²) in [4.78, 5) is 35.3. The van der Waals surface area contributed by atoms with Gasteiger partial charge in [0.25, 0.3) is 0 Å². The van der Waals surface area contributed by atoms with Crippen molar-refractivity contribution in [2.75, 3.05) is 6.61 Å². The molecule has 2 aromatic carbocycles. The van der Waals surface area contributed by atoms with Gasteiger partial charge in [0.05, 0.1) is 19.8 Å². The first kappa shape index (κ1) is 28.5. The van der Waals surface area contributed by atoms with Crippen LogP contribution in [0.3, 0.4) is 0 Å². The smallest absolute Gasteiger partial charge is 0.456 e. The summed E-state index contributed by atoms with van der Waals surface area (Å²) in [5.41, 5.74) is 1.40. The summed E-state index contributed by atoms with van der Waals surface area (Å²) in [5, 5.41) is 0. The van der Waals surface area contributed by atoms with Gasteiger partial charge in [0.2, 0.25) is 6.29 Å². The number of benzene rings is 2. The minimum Gasteiger partial charge on any atom is -0.456 e. The Kier molecular flexibility index (Phi) is 10.4. The second kappa shape index (κ2) is 13.5. The number of carbonyl (C=O) groups is 3. The van der Waals surface area contributed by atoms with E-state index in [-0.39, 0.29) is 19.8 Å². The van der Waals surface area contributed by atoms with Crippen LogP contribution in [0.25, 0.3) is 0 Å². The SMILES string of the molecule is CC(=O)O[C@@H]1[C@@H](OP(=O)(OCc2ccccc2)OCc2ccccc2)OC[C@@H](OC(C)=O)[C@@H]1OC(C)=O. The summed E-state index contributed by atoms with van der Waals surface area (Å²) in [6, 6.07) is 17.8. The van der Waals surface area contributed by atoms with Gasteiger partial charge in [-0.05, 0) is 11.1 Å². The van der Waals surface area contributed by atoms with E-state index >= 15 is 0 Å². The summed E-state index contributed by atoms with van der Waals surface area (Å²) in [5.74, 6) is -2.17. The molecular formula is C25H29O11P. The number of phosphoric acid groups is 1. The van der Waals surface area contributed by atoms with Crippen molar-refractivity contribution in [3.63, 3.8) is 0 Å². The highest BCUT2D eigenvalue weighted by atomic mass is 31.2. The van der Waals surface area contributed by atoms with Crippen LogP contribution in [-0.4, -0.2) is 49.1 Å². The number of esters is 3. The highest BCUT2D eigenvalue weighted by Crippen LogP contribution is 2.53. The minimum atomic E-state index is -4.37. The zero-order valence-corrected chi connectivity index (χ0v) is 21.5. The van der Waals surface area contributed by atoms with Gasteiger partial charge in [-0.1, -0.05) is 60.7 Å². The van der Waals surface area contributed by atoms with Gasteiger partial charge in [0, 0.05) is 20.8 Å². The molecule has 12 heteroatoms. The molecule has 11 nitrogen and oxygen atoms in total. The monoisotopic (exact) mass is 536 g/mol. The Balaban J connectivity index is 1.86. The molecule has 0 saturated carbocycles. The molecule has 0 spiro atoms. The molecule has 200 valence electrons. The van der Waals surface area contributed by atoms with E-state index in [1.54, 1.807) is 48.5 Å². The van der Waals surface area contributed by atoms with Crippen LogP contribution in [-0.2, 0) is 64.7 Å². The normalized spacial score (nSPS) is 21.6. The van der Waals surface area contributed by atoms with Crippen LogP contribution in [0.5, 0.6) is 0 Å². The number of rotatable bonds is 11. The van der Waals surface area contributed by atoms with Gasteiger partial charge >= 0.3 is 25.7 Å². The van der Waals surface area contributed by atoms with Crippen molar-refractivity contribution >= 4 is 25.7 Å². The molecule has 0 amide bonds. The van der Waals surface area contributed by atoms with E-state index in [4.69, 9.17) is 32.5 Å². The van der Waals surface area contributed by atoms with E-state index in [2.05, 4.69) is 0 Å². The van der Waals surface area contributed by atoms with E-state index in [1.165, 1.54) is 0 Å².